The molecule has 4 aliphatic rings. The minimum Gasteiger partial charge on any atom is -0.493 e. The van der Waals surface area contributed by atoms with Gasteiger partial charge in [-0.1, -0.05) is 0 Å². The first kappa shape index (κ1) is 13.9. The monoisotopic (exact) mass is 316 g/mol. The number of benzene rings is 1. The molecule has 0 unspecified atom stereocenters. The van der Waals surface area contributed by atoms with Crippen molar-refractivity contribution in [1.29, 1.82) is 0 Å². The zero-order valence-electron chi connectivity index (χ0n) is 13.7. The second-order valence-corrected chi connectivity index (χ2v) is 7.68. The Bertz CT molecular complexity index is 691. The van der Waals surface area contributed by atoms with Gasteiger partial charge in [0.05, 0.1) is 13.2 Å². The van der Waals surface area contributed by atoms with E-state index in [-0.39, 0.29) is 11.5 Å². The standard InChI is InChI=1S/C18H24N2O3/c1-20-6-5-18-10-3-4-13(21)17(18)23-16-14(22-2)8-11(19)9(15(16)18)7-12(10)20/h8,10,12-13,17,21H,3-7,19H2,1-2H3/t10-,12+,13-,17-,18-/m0/s1. The summed E-state index contributed by atoms with van der Waals surface area (Å²) in [6.07, 6.45) is 3.34. The van der Waals surface area contributed by atoms with E-state index in [9.17, 15) is 5.11 Å². The Morgan fingerprint density at radius 1 is 1.43 bits per heavy atom. The molecule has 5 nitrogen and oxygen atoms in total. The number of aliphatic hydroxyl groups is 1. The van der Waals surface area contributed by atoms with Crippen LogP contribution in [0, 0.1) is 5.92 Å². The maximum absolute atomic E-state index is 10.7. The number of rotatable bonds is 1. The van der Waals surface area contributed by atoms with E-state index in [1.165, 1.54) is 11.1 Å². The van der Waals surface area contributed by atoms with Crippen molar-refractivity contribution in [1.82, 2.24) is 4.90 Å². The topological polar surface area (TPSA) is 68.0 Å². The van der Waals surface area contributed by atoms with Gasteiger partial charge in [0.1, 0.15) is 6.10 Å². The molecule has 1 aromatic rings. The first-order chi connectivity index (χ1) is 11.1. The van der Waals surface area contributed by atoms with Crippen LogP contribution in [-0.4, -0.2) is 49.0 Å². The zero-order valence-corrected chi connectivity index (χ0v) is 13.7. The number of nitrogens with zero attached hydrogens (tertiary/aromatic N) is 1. The smallest absolute Gasteiger partial charge is 0.166 e. The molecule has 5 atom stereocenters. The van der Waals surface area contributed by atoms with Crippen LogP contribution in [0.2, 0.25) is 0 Å². The maximum Gasteiger partial charge on any atom is 0.166 e. The summed E-state index contributed by atoms with van der Waals surface area (Å²) in [6, 6.07) is 2.39. The lowest BCUT2D eigenvalue weighted by Crippen LogP contribution is -2.66. The van der Waals surface area contributed by atoms with Gasteiger partial charge in [-0.2, -0.15) is 0 Å². The van der Waals surface area contributed by atoms with E-state index in [2.05, 4.69) is 11.9 Å². The number of ether oxygens (including phenoxy) is 2. The Labute approximate surface area is 136 Å². The number of likely N-dealkylation sites (N-methyl/N-ethyl adjacent to an activating group) is 1. The fourth-order valence-corrected chi connectivity index (χ4v) is 5.96. The Morgan fingerprint density at radius 3 is 3.04 bits per heavy atom. The minimum atomic E-state index is -0.403. The Hall–Kier alpha value is -1.46. The fraction of sp³-hybridized carbons (Fsp3) is 0.667. The molecule has 0 radical (unpaired) electrons. The van der Waals surface area contributed by atoms with Crippen LogP contribution in [0.1, 0.15) is 30.4 Å². The van der Waals surface area contributed by atoms with Gasteiger partial charge in [0.2, 0.25) is 0 Å². The molecule has 5 rings (SSSR count). The summed E-state index contributed by atoms with van der Waals surface area (Å²) in [5, 5.41) is 10.7. The van der Waals surface area contributed by atoms with Crippen molar-refractivity contribution in [2.75, 3.05) is 26.4 Å². The van der Waals surface area contributed by atoms with Gasteiger partial charge < -0.3 is 25.2 Å². The molecule has 0 amide bonds. The summed E-state index contributed by atoms with van der Waals surface area (Å²) in [6.45, 7) is 1.05. The molecule has 2 bridgehead atoms. The zero-order chi connectivity index (χ0) is 15.9. The molecule has 1 saturated heterocycles. The van der Waals surface area contributed by atoms with E-state index in [0.717, 1.165) is 43.7 Å². The molecule has 23 heavy (non-hydrogen) atoms. The molecule has 2 fully saturated rings. The van der Waals surface area contributed by atoms with E-state index < -0.39 is 6.10 Å². The third kappa shape index (κ3) is 1.46. The SMILES string of the molecule is COc1cc(N)c2c3c1O[C@H]1[C@@H](O)CC[C@H]4[C@@H](C2)N(C)CC[C@@]341. The van der Waals surface area contributed by atoms with Gasteiger partial charge in [-0.3, -0.25) is 0 Å². The van der Waals surface area contributed by atoms with Gasteiger partial charge in [0, 0.05) is 28.8 Å². The van der Waals surface area contributed by atoms with Crippen molar-refractivity contribution in [2.45, 2.75) is 49.3 Å². The Morgan fingerprint density at radius 2 is 2.26 bits per heavy atom. The number of piperidine rings is 1. The van der Waals surface area contributed by atoms with Crippen molar-refractivity contribution in [3.8, 4) is 11.5 Å². The number of nitrogens with two attached hydrogens (primary N) is 1. The second-order valence-electron chi connectivity index (χ2n) is 7.68. The average molecular weight is 316 g/mol. The predicted octanol–water partition coefficient (Wildman–Crippen LogP) is 1.31. The summed E-state index contributed by atoms with van der Waals surface area (Å²) in [5.41, 5.74) is 9.60. The molecule has 124 valence electrons. The van der Waals surface area contributed by atoms with Crippen LogP contribution in [0.25, 0.3) is 0 Å². The predicted molar refractivity (Wildman–Crippen MR) is 87.0 cm³/mol. The first-order valence-corrected chi connectivity index (χ1v) is 8.62. The average Bonchev–Trinajstić information content (AvgIpc) is 2.89. The second kappa shape index (κ2) is 4.33. The molecule has 1 spiro atoms. The van der Waals surface area contributed by atoms with E-state index in [1.54, 1.807) is 7.11 Å². The fourth-order valence-electron chi connectivity index (χ4n) is 5.96. The maximum atomic E-state index is 10.7. The van der Waals surface area contributed by atoms with Crippen LogP contribution in [0.3, 0.4) is 0 Å². The lowest BCUT2D eigenvalue weighted by Gasteiger charge is -2.58. The highest BCUT2D eigenvalue weighted by Gasteiger charge is 2.65. The molecule has 2 aliphatic heterocycles. The lowest BCUT2D eigenvalue weighted by atomic mass is 9.51. The van der Waals surface area contributed by atoms with Crippen LogP contribution >= 0.6 is 0 Å². The van der Waals surface area contributed by atoms with Crippen LogP contribution in [0.5, 0.6) is 11.5 Å². The van der Waals surface area contributed by atoms with Crippen molar-refractivity contribution in [3.63, 3.8) is 0 Å². The van der Waals surface area contributed by atoms with Crippen molar-refractivity contribution < 1.29 is 14.6 Å². The molecular weight excluding hydrogens is 292 g/mol. The van der Waals surface area contributed by atoms with Crippen LogP contribution in [0.4, 0.5) is 5.69 Å². The number of aliphatic hydroxyl groups excluding tert-OH is 1. The number of nitrogen functional groups attached to an aromatic ring is 1. The Balaban J connectivity index is 1.82. The summed E-state index contributed by atoms with van der Waals surface area (Å²) in [5.74, 6) is 2.10. The van der Waals surface area contributed by atoms with Gasteiger partial charge in [0.25, 0.3) is 0 Å². The van der Waals surface area contributed by atoms with Crippen LogP contribution in [0.15, 0.2) is 6.07 Å². The van der Waals surface area contributed by atoms with E-state index in [4.69, 9.17) is 15.2 Å². The highest BCUT2D eigenvalue weighted by molar-refractivity contribution is 5.69. The summed E-state index contributed by atoms with van der Waals surface area (Å²) in [7, 11) is 3.88. The quantitative estimate of drug-likeness (QED) is 0.765. The van der Waals surface area contributed by atoms with E-state index in [0.29, 0.717) is 17.7 Å². The normalized spacial score (nSPS) is 40.5. The van der Waals surface area contributed by atoms with Gasteiger partial charge in [0.15, 0.2) is 11.5 Å². The van der Waals surface area contributed by atoms with Crippen LogP contribution < -0.4 is 15.2 Å². The lowest BCUT2D eigenvalue weighted by molar-refractivity contribution is -0.0993. The molecule has 5 heteroatoms. The first-order valence-electron chi connectivity index (χ1n) is 8.62. The molecule has 3 N–H and O–H groups in total. The van der Waals surface area contributed by atoms with Gasteiger partial charge >= 0.3 is 0 Å². The summed E-state index contributed by atoms with van der Waals surface area (Å²) in [4.78, 5) is 2.48. The third-order valence-electron chi connectivity index (χ3n) is 6.93. The number of anilines is 1. The number of likely N-dealkylation sites (tertiary alicyclic amines) is 1. The summed E-state index contributed by atoms with van der Waals surface area (Å²) < 4.78 is 11.9. The largest absolute Gasteiger partial charge is 0.493 e. The van der Waals surface area contributed by atoms with Crippen molar-refractivity contribution in [2.24, 2.45) is 5.92 Å². The van der Waals surface area contributed by atoms with E-state index in [1.807, 2.05) is 6.07 Å². The highest BCUT2D eigenvalue weighted by atomic mass is 16.5. The third-order valence-corrected chi connectivity index (χ3v) is 6.93. The molecule has 0 aromatic heterocycles. The van der Waals surface area contributed by atoms with E-state index >= 15 is 0 Å². The highest BCUT2D eigenvalue weighted by Crippen LogP contribution is 2.64. The minimum absolute atomic E-state index is 0.0829. The van der Waals surface area contributed by atoms with Gasteiger partial charge in [-0.05, 0) is 50.8 Å². The molecule has 2 aliphatic carbocycles. The van der Waals surface area contributed by atoms with Gasteiger partial charge in [-0.25, -0.2) is 0 Å². The van der Waals surface area contributed by atoms with Crippen LogP contribution in [-0.2, 0) is 11.8 Å². The molecule has 1 saturated carbocycles. The molecule has 2 heterocycles. The Kier molecular flexibility index (Phi) is 2.63. The summed E-state index contributed by atoms with van der Waals surface area (Å²) >= 11 is 0. The number of hydrogen-bond donors (Lipinski definition) is 2. The number of methoxy groups -OCH3 is 1. The molecular formula is C18H24N2O3. The van der Waals surface area contributed by atoms with Crippen molar-refractivity contribution in [3.05, 3.63) is 17.2 Å². The van der Waals surface area contributed by atoms with Crippen molar-refractivity contribution >= 4 is 5.69 Å². The molecule has 1 aromatic carbocycles. The van der Waals surface area contributed by atoms with Gasteiger partial charge in [-0.15, -0.1) is 0 Å². The number of hydrogen-bond acceptors (Lipinski definition) is 5.